The Morgan fingerprint density at radius 2 is 0.853 bits per heavy atom. The Bertz CT molecular complexity index is 1540. The third kappa shape index (κ3) is 38.0. The number of carbonyl (C=O) groups is 1. The topological polar surface area (TPSA) is 135 Å². The van der Waals surface area contributed by atoms with Gasteiger partial charge in [-0.25, -0.2) is 0 Å². The Kier molecular flexibility index (Phi) is 43.9. The standard InChI is InChI=1S/C59H92O9/c1-3-5-7-9-11-13-15-17-19-21-23-25-26-27-29-31-33-35-37-39-41-43-45-47-49-65-51-53(52-66-59-58(64)57(63)56(62)54(50-60)68-59)67-55(61)48-46-44-42-40-38-36-34-32-30-28-24-22-20-18-16-14-12-10-8-6-4-2/h5-8,11-14,17-20,23-25,27-29,32-35,39,41,53-54,56-60,62-64H,3-4,9-10,15-16,21-22,26,30-31,36-38,40,42-52H2,1-2H3/b7-5-,8-6-,13-11-,14-12-,19-17-,20-18-,25-23-,28-24-,29-27-,34-32-,35-33-,41-39-. The molecule has 1 fully saturated rings. The lowest BCUT2D eigenvalue weighted by molar-refractivity contribution is -0.305. The Morgan fingerprint density at radius 1 is 0.471 bits per heavy atom. The van der Waals surface area contributed by atoms with Crippen LogP contribution >= 0.6 is 0 Å². The van der Waals surface area contributed by atoms with Crippen molar-refractivity contribution in [2.24, 2.45) is 0 Å². The second kappa shape index (κ2) is 48.1. The van der Waals surface area contributed by atoms with Crippen molar-refractivity contribution in [3.8, 4) is 0 Å². The van der Waals surface area contributed by atoms with Crippen LogP contribution in [0.4, 0.5) is 0 Å². The molecule has 1 rings (SSSR count). The highest BCUT2D eigenvalue weighted by Gasteiger charge is 2.44. The van der Waals surface area contributed by atoms with Gasteiger partial charge in [-0.3, -0.25) is 4.79 Å². The molecule has 0 bridgehead atoms. The van der Waals surface area contributed by atoms with Crippen LogP contribution in [0.15, 0.2) is 146 Å². The van der Waals surface area contributed by atoms with Crippen LogP contribution in [0, 0.1) is 0 Å². The van der Waals surface area contributed by atoms with E-state index in [1.165, 1.54) is 0 Å². The molecule has 6 unspecified atom stereocenters. The number of aliphatic hydroxyl groups excluding tert-OH is 4. The van der Waals surface area contributed by atoms with Crippen LogP contribution in [0.1, 0.15) is 155 Å². The average Bonchev–Trinajstić information content (AvgIpc) is 3.34. The van der Waals surface area contributed by atoms with E-state index in [1.54, 1.807) is 0 Å². The third-order valence-electron chi connectivity index (χ3n) is 10.8. The van der Waals surface area contributed by atoms with Crippen molar-refractivity contribution >= 4 is 5.97 Å². The van der Waals surface area contributed by atoms with E-state index in [0.717, 1.165) is 135 Å². The van der Waals surface area contributed by atoms with Crippen molar-refractivity contribution in [1.29, 1.82) is 0 Å². The molecule has 0 aromatic rings. The predicted molar refractivity (Wildman–Crippen MR) is 283 cm³/mol. The quantitative estimate of drug-likeness (QED) is 0.0268. The fourth-order valence-electron chi connectivity index (χ4n) is 6.79. The van der Waals surface area contributed by atoms with E-state index in [0.29, 0.717) is 6.61 Å². The molecule has 0 spiro atoms. The number of rotatable bonds is 42. The molecule has 1 aliphatic rings. The maximum absolute atomic E-state index is 12.8. The van der Waals surface area contributed by atoms with Crippen LogP contribution in [-0.2, 0) is 23.7 Å². The fourth-order valence-corrected chi connectivity index (χ4v) is 6.79. The summed E-state index contributed by atoms with van der Waals surface area (Å²) in [6.07, 6.45) is 65.9. The molecule has 9 heteroatoms. The van der Waals surface area contributed by atoms with Gasteiger partial charge in [0, 0.05) is 13.0 Å². The lowest BCUT2D eigenvalue weighted by Crippen LogP contribution is -2.59. The zero-order valence-electron chi connectivity index (χ0n) is 42.0. The molecule has 68 heavy (non-hydrogen) atoms. The van der Waals surface area contributed by atoms with E-state index >= 15 is 0 Å². The van der Waals surface area contributed by atoms with Gasteiger partial charge in [0.1, 0.15) is 30.5 Å². The minimum absolute atomic E-state index is 0.0947. The molecule has 0 aromatic heterocycles. The molecule has 0 amide bonds. The smallest absolute Gasteiger partial charge is 0.306 e. The van der Waals surface area contributed by atoms with E-state index in [4.69, 9.17) is 18.9 Å². The van der Waals surface area contributed by atoms with Gasteiger partial charge in [0.2, 0.25) is 0 Å². The zero-order valence-corrected chi connectivity index (χ0v) is 42.0. The Hall–Kier alpha value is -3.93. The Balaban J connectivity index is 2.29. The van der Waals surface area contributed by atoms with Crippen molar-refractivity contribution in [3.05, 3.63) is 146 Å². The SMILES string of the molecule is CC/C=C\C/C=C\C/C=C\C/C=C\C/C=C\C/C=C\C/C=C\CCCCOCC(COC1OC(CO)C(O)C(O)C1O)OC(=O)CCCCCCC/C=C\C/C=C\C/C=C\C/C=C\C/C=C\CC. The minimum Gasteiger partial charge on any atom is -0.457 e. The summed E-state index contributed by atoms with van der Waals surface area (Å²) < 4.78 is 22.8. The Morgan fingerprint density at radius 3 is 1.28 bits per heavy atom. The summed E-state index contributed by atoms with van der Waals surface area (Å²) in [5.74, 6) is -0.355. The van der Waals surface area contributed by atoms with Gasteiger partial charge < -0.3 is 39.4 Å². The molecule has 1 aliphatic heterocycles. The fraction of sp³-hybridized carbons (Fsp3) is 0.576. The zero-order chi connectivity index (χ0) is 49.2. The molecular weight excluding hydrogens is 853 g/mol. The normalized spacial score (nSPS) is 20.4. The van der Waals surface area contributed by atoms with E-state index in [2.05, 4.69) is 160 Å². The minimum atomic E-state index is -1.56. The molecule has 0 aromatic carbocycles. The van der Waals surface area contributed by atoms with Crippen LogP contribution in [0.3, 0.4) is 0 Å². The van der Waals surface area contributed by atoms with Crippen LogP contribution in [0.2, 0.25) is 0 Å². The molecule has 0 saturated carbocycles. The van der Waals surface area contributed by atoms with Crippen molar-refractivity contribution in [1.82, 2.24) is 0 Å². The Labute approximate surface area is 412 Å². The summed E-state index contributed by atoms with van der Waals surface area (Å²) in [6, 6.07) is 0. The predicted octanol–water partition coefficient (Wildman–Crippen LogP) is 13.0. The average molecular weight is 945 g/mol. The second-order valence-corrected chi connectivity index (χ2v) is 16.8. The monoisotopic (exact) mass is 945 g/mol. The number of allylic oxidation sites excluding steroid dienone is 24. The van der Waals surface area contributed by atoms with Crippen LogP contribution in [0.5, 0.6) is 0 Å². The molecule has 382 valence electrons. The molecule has 0 radical (unpaired) electrons. The summed E-state index contributed by atoms with van der Waals surface area (Å²) in [6.45, 7) is 4.16. The van der Waals surface area contributed by atoms with E-state index in [-0.39, 0.29) is 25.6 Å². The van der Waals surface area contributed by atoms with Crippen molar-refractivity contribution in [2.75, 3.05) is 26.4 Å². The third-order valence-corrected chi connectivity index (χ3v) is 10.8. The van der Waals surface area contributed by atoms with Gasteiger partial charge in [-0.05, 0) is 116 Å². The molecule has 9 nitrogen and oxygen atoms in total. The molecular formula is C59H92O9. The van der Waals surface area contributed by atoms with Crippen LogP contribution in [0.25, 0.3) is 0 Å². The number of carbonyl (C=O) groups excluding carboxylic acids is 1. The second-order valence-electron chi connectivity index (χ2n) is 16.8. The first-order valence-corrected chi connectivity index (χ1v) is 25.9. The number of hydrogen-bond donors (Lipinski definition) is 4. The maximum Gasteiger partial charge on any atom is 0.306 e. The van der Waals surface area contributed by atoms with Gasteiger partial charge in [-0.2, -0.15) is 0 Å². The molecule has 1 heterocycles. The summed E-state index contributed by atoms with van der Waals surface area (Å²) >= 11 is 0. The first kappa shape index (κ1) is 62.1. The van der Waals surface area contributed by atoms with E-state index in [9.17, 15) is 25.2 Å². The summed E-state index contributed by atoms with van der Waals surface area (Å²) in [5.41, 5.74) is 0. The van der Waals surface area contributed by atoms with Gasteiger partial charge in [-0.1, -0.05) is 179 Å². The van der Waals surface area contributed by atoms with Gasteiger partial charge in [0.25, 0.3) is 0 Å². The first-order chi connectivity index (χ1) is 33.4. The number of esters is 1. The summed E-state index contributed by atoms with van der Waals surface area (Å²) in [5, 5.41) is 40.3. The van der Waals surface area contributed by atoms with Crippen LogP contribution < -0.4 is 0 Å². The highest BCUT2D eigenvalue weighted by molar-refractivity contribution is 5.69. The number of aliphatic hydroxyl groups is 4. The molecule has 1 saturated heterocycles. The highest BCUT2D eigenvalue weighted by atomic mass is 16.7. The number of ether oxygens (including phenoxy) is 4. The van der Waals surface area contributed by atoms with Crippen LogP contribution in [-0.4, -0.2) is 89.6 Å². The molecule has 4 N–H and O–H groups in total. The van der Waals surface area contributed by atoms with Crippen molar-refractivity contribution in [2.45, 2.75) is 192 Å². The van der Waals surface area contributed by atoms with E-state index < -0.39 is 43.4 Å². The summed E-state index contributed by atoms with van der Waals surface area (Å²) in [7, 11) is 0. The lowest BCUT2D eigenvalue weighted by atomic mass is 9.99. The van der Waals surface area contributed by atoms with Crippen molar-refractivity contribution in [3.63, 3.8) is 0 Å². The summed E-state index contributed by atoms with van der Waals surface area (Å²) in [4.78, 5) is 12.8. The lowest BCUT2D eigenvalue weighted by Gasteiger charge is -2.39. The first-order valence-electron chi connectivity index (χ1n) is 25.9. The van der Waals surface area contributed by atoms with E-state index in [1.807, 2.05) is 0 Å². The molecule has 6 atom stereocenters. The number of unbranched alkanes of at least 4 members (excludes halogenated alkanes) is 7. The van der Waals surface area contributed by atoms with Gasteiger partial charge in [0.05, 0.1) is 19.8 Å². The number of hydrogen-bond acceptors (Lipinski definition) is 9. The van der Waals surface area contributed by atoms with Gasteiger partial charge in [-0.15, -0.1) is 0 Å². The molecule has 0 aliphatic carbocycles. The van der Waals surface area contributed by atoms with Gasteiger partial charge >= 0.3 is 5.97 Å². The van der Waals surface area contributed by atoms with Gasteiger partial charge in [0.15, 0.2) is 6.29 Å². The van der Waals surface area contributed by atoms with Crippen molar-refractivity contribution < 1.29 is 44.2 Å². The largest absolute Gasteiger partial charge is 0.457 e. The maximum atomic E-state index is 12.8. The highest BCUT2D eigenvalue weighted by Crippen LogP contribution is 2.22.